The fraction of sp³-hybridized carbons (Fsp3) is 0.462. The van der Waals surface area contributed by atoms with E-state index in [2.05, 4.69) is 23.7 Å². The fourth-order valence-electron chi connectivity index (χ4n) is 1.70. The molecular weight excluding hydrogens is 200 g/mol. The zero-order valence-corrected chi connectivity index (χ0v) is 9.94. The minimum absolute atomic E-state index is 0.740. The maximum Gasteiger partial charge on any atom is 0.240 e. The van der Waals surface area contributed by atoms with Gasteiger partial charge in [0, 0.05) is 6.54 Å². The molecule has 16 heavy (non-hydrogen) atoms. The number of hydrogen-bond acceptors (Lipinski definition) is 3. The van der Waals surface area contributed by atoms with Crippen LogP contribution in [-0.2, 0) is 11.2 Å². The summed E-state index contributed by atoms with van der Waals surface area (Å²) < 4.78 is 0. The molecule has 1 rings (SSSR count). The largest absolute Gasteiger partial charge is 0.304 e. The van der Waals surface area contributed by atoms with Gasteiger partial charge in [-0.05, 0) is 31.1 Å². The molecule has 0 heterocycles. The third kappa shape index (κ3) is 3.61. The smallest absolute Gasteiger partial charge is 0.240 e. The Kier molecular flexibility index (Phi) is 5.48. The molecule has 0 fully saturated rings. The Labute approximate surface area is 96.8 Å². The Hall–Kier alpha value is -1.44. The van der Waals surface area contributed by atoms with Gasteiger partial charge in [-0.2, -0.15) is 4.99 Å². The molecule has 0 unspecified atom stereocenters. The van der Waals surface area contributed by atoms with E-state index in [4.69, 9.17) is 0 Å². The Morgan fingerprint density at radius 3 is 2.56 bits per heavy atom. The van der Waals surface area contributed by atoms with Crippen molar-refractivity contribution in [3.63, 3.8) is 0 Å². The van der Waals surface area contributed by atoms with Crippen molar-refractivity contribution in [2.75, 3.05) is 19.6 Å². The Morgan fingerprint density at radius 1 is 1.25 bits per heavy atom. The van der Waals surface area contributed by atoms with Crippen LogP contribution < -0.4 is 0 Å². The van der Waals surface area contributed by atoms with Crippen LogP contribution in [-0.4, -0.2) is 30.6 Å². The lowest BCUT2D eigenvalue weighted by molar-refractivity contribution is 0.308. The molecule has 0 N–H and O–H groups in total. The van der Waals surface area contributed by atoms with Crippen LogP contribution in [0.3, 0.4) is 0 Å². The van der Waals surface area contributed by atoms with Crippen molar-refractivity contribution >= 4 is 11.8 Å². The van der Waals surface area contributed by atoms with Gasteiger partial charge in [0.1, 0.15) is 0 Å². The number of rotatable bonds is 6. The first-order valence-electron chi connectivity index (χ1n) is 5.70. The molecule has 0 atom stereocenters. The summed E-state index contributed by atoms with van der Waals surface area (Å²) in [5.41, 5.74) is 1.85. The Morgan fingerprint density at radius 2 is 1.94 bits per heavy atom. The molecule has 0 aliphatic heterocycles. The third-order valence-electron chi connectivity index (χ3n) is 2.75. The number of isocyanates is 1. The number of hydrogen-bond donors (Lipinski definition) is 0. The maximum atomic E-state index is 10.3. The van der Waals surface area contributed by atoms with Crippen LogP contribution in [0.2, 0.25) is 0 Å². The predicted molar refractivity (Wildman–Crippen MR) is 65.7 cm³/mol. The van der Waals surface area contributed by atoms with Crippen LogP contribution >= 0.6 is 0 Å². The molecule has 0 saturated heterocycles. The lowest BCUT2D eigenvalue weighted by atomic mass is 10.1. The highest BCUT2D eigenvalue weighted by Crippen LogP contribution is 2.18. The number of aliphatic imine (C=N–C) groups is 1. The van der Waals surface area contributed by atoms with Crippen molar-refractivity contribution in [2.45, 2.75) is 20.3 Å². The number of nitrogens with zero attached hydrogens (tertiary/aromatic N) is 2. The van der Waals surface area contributed by atoms with Crippen molar-refractivity contribution in [1.82, 2.24) is 4.90 Å². The van der Waals surface area contributed by atoms with Gasteiger partial charge in [-0.15, -0.1) is 0 Å². The van der Waals surface area contributed by atoms with Gasteiger partial charge in [-0.25, -0.2) is 4.79 Å². The topological polar surface area (TPSA) is 32.7 Å². The van der Waals surface area contributed by atoms with Gasteiger partial charge in [-0.1, -0.05) is 32.0 Å². The van der Waals surface area contributed by atoms with Crippen LogP contribution in [0.1, 0.15) is 19.4 Å². The highest BCUT2D eigenvalue weighted by Gasteiger charge is 2.03. The predicted octanol–water partition coefficient (Wildman–Crippen LogP) is 2.54. The van der Waals surface area contributed by atoms with Crippen molar-refractivity contribution in [2.24, 2.45) is 4.99 Å². The molecule has 0 bridgehead atoms. The van der Waals surface area contributed by atoms with Crippen molar-refractivity contribution in [1.29, 1.82) is 0 Å². The molecule has 0 aliphatic rings. The molecule has 0 aromatic heterocycles. The normalized spacial score (nSPS) is 10.2. The Balaban J connectivity index is 2.69. The molecule has 86 valence electrons. The highest BCUT2D eigenvalue weighted by atomic mass is 16.1. The quantitative estimate of drug-likeness (QED) is 0.543. The third-order valence-corrected chi connectivity index (χ3v) is 2.75. The van der Waals surface area contributed by atoms with E-state index in [1.165, 1.54) is 0 Å². The summed E-state index contributed by atoms with van der Waals surface area (Å²) >= 11 is 0. The van der Waals surface area contributed by atoms with Gasteiger partial charge < -0.3 is 4.90 Å². The van der Waals surface area contributed by atoms with Gasteiger partial charge in [0.25, 0.3) is 0 Å². The second kappa shape index (κ2) is 6.94. The lowest BCUT2D eigenvalue weighted by Crippen LogP contribution is -2.25. The van der Waals surface area contributed by atoms with E-state index in [0.29, 0.717) is 0 Å². The SMILES string of the molecule is CCN(CC)CCc1ccccc1N=C=O. The first kappa shape index (κ1) is 12.6. The summed E-state index contributed by atoms with van der Waals surface area (Å²) in [5.74, 6) is 0. The molecule has 1 aromatic rings. The summed E-state index contributed by atoms with van der Waals surface area (Å²) in [7, 11) is 0. The second-order valence-electron chi connectivity index (χ2n) is 3.61. The van der Waals surface area contributed by atoms with Gasteiger partial charge >= 0.3 is 0 Å². The van der Waals surface area contributed by atoms with E-state index in [1.54, 1.807) is 6.08 Å². The minimum Gasteiger partial charge on any atom is -0.304 e. The first-order valence-corrected chi connectivity index (χ1v) is 5.70. The van der Waals surface area contributed by atoms with Gasteiger partial charge in [0.05, 0.1) is 5.69 Å². The van der Waals surface area contributed by atoms with Crippen molar-refractivity contribution in [3.8, 4) is 0 Å². The fourth-order valence-corrected chi connectivity index (χ4v) is 1.70. The van der Waals surface area contributed by atoms with Gasteiger partial charge in [-0.3, -0.25) is 0 Å². The van der Waals surface area contributed by atoms with Gasteiger partial charge in [0.2, 0.25) is 6.08 Å². The number of para-hydroxylation sites is 1. The average Bonchev–Trinajstić information content (AvgIpc) is 2.33. The molecule has 0 saturated carbocycles. The van der Waals surface area contributed by atoms with E-state index in [1.807, 2.05) is 24.3 Å². The van der Waals surface area contributed by atoms with Crippen LogP contribution in [0.15, 0.2) is 29.3 Å². The highest BCUT2D eigenvalue weighted by molar-refractivity contribution is 5.53. The first-order chi connectivity index (χ1) is 7.81. The van der Waals surface area contributed by atoms with E-state index < -0.39 is 0 Å². The van der Waals surface area contributed by atoms with Crippen LogP contribution in [0.4, 0.5) is 5.69 Å². The van der Waals surface area contributed by atoms with Crippen LogP contribution in [0.5, 0.6) is 0 Å². The zero-order valence-electron chi connectivity index (χ0n) is 9.94. The molecule has 0 amide bonds. The molecule has 0 radical (unpaired) electrons. The molecule has 3 heteroatoms. The monoisotopic (exact) mass is 218 g/mol. The summed E-state index contributed by atoms with van der Waals surface area (Å²) in [6.07, 6.45) is 2.52. The van der Waals surface area contributed by atoms with E-state index in [9.17, 15) is 4.79 Å². The maximum absolute atomic E-state index is 10.3. The molecule has 0 aliphatic carbocycles. The summed E-state index contributed by atoms with van der Waals surface area (Å²) in [6, 6.07) is 7.72. The molecule has 0 spiro atoms. The minimum atomic E-state index is 0.740. The van der Waals surface area contributed by atoms with Crippen LogP contribution in [0.25, 0.3) is 0 Å². The summed E-state index contributed by atoms with van der Waals surface area (Å²) in [4.78, 5) is 16.3. The number of benzene rings is 1. The van der Waals surface area contributed by atoms with E-state index in [0.717, 1.165) is 37.3 Å². The molecule has 3 nitrogen and oxygen atoms in total. The van der Waals surface area contributed by atoms with E-state index >= 15 is 0 Å². The van der Waals surface area contributed by atoms with Crippen LogP contribution in [0, 0.1) is 0 Å². The second-order valence-corrected chi connectivity index (χ2v) is 3.61. The lowest BCUT2D eigenvalue weighted by Gasteiger charge is -2.17. The number of likely N-dealkylation sites (N-methyl/N-ethyl adjacent to an activating group) is 1. The van der Waals surface area contributed by atoms with Crippen molar-refractivity contribution < 1.29 is 4.79 Å². The molecular formula is C13H18N2O. The number of carbonyl (C=O) groups excluding carboxylic acids is 1. The standard InChI is InChI=1S/C13H18N2O/c1-3-15(4-2)10-9-12-7-5-6-8-13(12)14-11-16/h5-8H,3-4,9-10H2,1-2H3. The Bertz CT molecular complexity index is 366. The summed E-state index contributed by atoms with van der Waals surface area (Å²) in [5, 5.41) is 0. The summed E-state index contributed by atoms with van der Waals surface area (Å²) in [6.45, 7) is 7.40. The zero-order chi connectivity index (χ0) is 11.8. The van der Waals surface area contributed by atoms with Gasteiger partial charge in [0.15, 0.2) is 0 Å². The molecule has 1 aromatic carbocycles. The van der Waals surface area contributed by atoms with Crippen molar-refractivity contribution in [3.05, 3.63) is 29.8 Å². The average molecular weight is 218 g/mol. The van der Waals surface area contributed by atoms with E-state index in [-0.39, 0.29) is 0 Å².